The lowest BCUT2D eigenvalue weighted by atomic mass is 9.95. The van der Waals surface area contributed by atoms with Gasteiger partial charge in [0.15, 0.2) is 0 Å². The maximum atomic E-state index is 12.1. The van der Waals surface area contributed by atoms with Crippen LogP contribution in [0.15, 0.2) is 6.33 Å². The molecular formula is C14H25N5O. The molecule has 2 rings (SSSR count). The molecule has 0 bridgehead atoms. The number of amides is 1. The van der Waals surface area contributed by atoms with E-state index in [1.165, 1.54) is 19.3 Å². The molecule has 1 aromatic heterocycles. The summed E-state index contributed by atoms with van der Waals surface area (Å²) in [7, 11) is 0. The SMILES string of the molecule is CCn1cnnc1CNC(C)C(=O)NC1CCCCC1. The molecule has 0 spiro atoms. The summed E-state index contributed by atoms with van der Waals surface area (Å²) in [5, 5.41) is 14.3. The molecule has 20 heavy (non-hydrogen) atoms. The van der Waals surface area contributed by atoms with Gasteiger partial charge in [0.1, 0.15) is 12.2 Å². The van der Waals surface area contributed by atoms with Gasteiger partial charge in [-0.15, -0.1) is 10.2 Å². The molecule has 0 radical (unpaired) electrons. The van der Waals surface area contributed by atoms with Crippen LogP contribution in [0, 0.1) is 0 Å². The fraction of sp³-hybridized carbons (Fsp3) is 0.786. The monoisotopic (exact) mass is 279 g/mol. The largest absolute Gasteiger partial charge is 0.352 e. The first-order valence-electron chi connectivity index (χ1n) is 7.61. The first-order valence-corrected chi connectivity index (χ1v) is 7.61. The molecule has 1 aliphatic carbocycles. The molecule has 6 heteroatoms. The number of carbonyl (C=O) groups excluding carboxylic acids is 1. The molecule has 112 valence electrons. The molecule has 1 aliphatic rings. The van der Waals surface area contributed by atoms with Crippen molar-refractivity contribution >= 4 is 5.91 Å². The Kier molecular flexibility index (Phi) is 5.52. The molecular weight excluding hydrogens is 254 g/mol. The predicted octanol–water partition coefficient (Wildman–Crippen LogP) is 1.22. The standard InChI is InChI=1S/C14H25N5O/c1-3-19-10-16-18-13(19)9-15-11(2)14(20)17-12-7-5-4-6-8-12/h10-12,15H,3-9H2,1-2H3,(H,17,20). The first kappa shape index (κ1) is 15.0. The van der Waals surface area contributed by atoms with Crippen LogP contribution < -0.4 is 10.6 Å². The molecule has 1 amide bonds. The van der Waals surface area contributed by atoms with E-state index in [2.05, 4.69) is 20.8 Å². The van der Waals surface area contributed by atoms with Gasteiger partial charge in [0, 0.05) is 12.6 Å². The van der Waals surface area contributed by atoms with Crippen molar-refractivity contribution in [1.82, 2.24) is 25.4 Å². The highest BCUT2D eigenvalue weighted by Crippen LogP contribution is 2.17. The highest BCUT2D eigenvalue weighted by Gasteiger charge is 2.19. The molecule has 0 saturated heterocycles. The quantitative estimate of drug-likeness (QED) is 0.821. The van der Waals surface area contributed by atoms with E-state index in [1.807, 2.05) is 18.4 Å². The van der Waals surface area contributed by atoms with Gasteiger partial charge in [0.25, 0.3) is 0 Å². The third-order valence-electron chi connectivity index (χ3n) is 3.95. The fourth-order valence-corrected chi connectivity index (χ4v) is 2.59. The predicted molar refractivity (Wildman–Crippen MR) is 77.0 cm³/mol. The highest BCUT2D eigenvalue weighted by molar-refractivity contribution is 5.81. The van der Waals surface area contributed by atoms with E-state index in [1.54, 1.807) is 6.33 Å². The topological polar surface area (TPSA) is 71.8 Å². The highest BCUT2D eigenvalue weighted by atomic mass is 16.2. The van der Waals surface area contributed by atoms with Gasteiger partial charge in [0.2, 0.25) is 5.91 Å². The average molecular weight is 279 g/mol. The minimum absolute atomic E-state index is 0.0828. The second-order valence-electron chi connectivity index (χ2n) is 5.48. The molecule has 1 unspecified atom stereocenters. The maximum absolute atomic E-state index is 12.1. The van der Waals surface area contributed by atoms with Crippen LogP contribution in [0.4, 0.5) is 0 Å². The minimum atomic E-state index is -0.209. The number of nitrogens with one attached hydrogen (secondary N) is 2. The van der Waals surface area contributed by atoms with Crippen LogP contribution in [0.2, 0.25) is 0 Å². The summed E-state index contributed by atoms with van der Waals surface area (Å²) in [4.78, 5) is 12.1. The summed E-state index contributed by atoms with van der Waals surface area (Å²) in [6.45, 7) is 5.34. The summed E-state index contributed by atoms with van der Waals surface area (Å²) < 4.78 is 1.97. The zero-order chi connectivity index (χ0) is 14.4. The van der Waals surface area contributed by atoms with E-state index in [0.717, 1.165) is 25.2 Å². The molecule has 6 nitrogen and oxygen atoms in total. The molecule has 1 saturated carbocycles. The normalized spacial score (nSPS) is 17.9. The summed E-state index contributed by atoms with van der Waals surface area (Å²) in [5.74, 6) is 0.948. The van der Waals surface area contributed by atoms with Crippen LogP contribution in [0.3, 0.4) is 0 Å². The lowest BCUT2D eigenvalue weighted by Crippen LogP contribution is -2.46. The first-order chi connectivity index (χ1) is 9.70. The van der Waals surface area contributed by atoms with E-state index in [9.17, 15) is 4.79 Å². The molecule has 0 aromatic carbocycles. The summed E-state index contributed by atoms with van der Waals surface area (Å²) in [6.07, 6.45) is 7.70. The van der Waals surface area contributed by atoms with Gasteiger partial charge in [-0.05, 0) is 26.7 Å². The van der Waals surface area contributed by atoms with Crippen molar-refractivity contribution in [2.45, 2.75) is 71.1 Å². The van der Waals surface area contributed by atoms with Gasteiger partial charge in [-0.1, -0.05) is 19.3 Å². The number of rotatable bonds is 6. The third kappa shape index (κ3) is 4.03. The minimum Gasteiger partial charge on any atom is -0.352 e. The van der Waals surface area contributed by atoms with Crippen molar-refractivity contribution in [3.8, 4) is 0 Å². The Morgan fingerprint density at radius 1 is 1.45 bits per heavy atom. The number of aromatic nitrogens is 3. The van der Waals surface area contributed by atoms with Crippen LogP contribution in [0.25, 0.3) is 0 Å². The number of aryl methyl sites for hydroxylation is 1. The number of nitrogens with zero attached hydrogens (tertiary/aromatic N) is 3. The number of carbonyl (C=O) groups is 1. The average Bonchev–Trinajstić information content (AvgIpc) is 2.93. The van der Waals surface area contributed by atoms with Gasteiger partial charge in [-0.25, -0.2) is 0 Å². The Bertz CT molecular complexity index is 425. The lowest BCUT2D eigenvalue weighted by Gasteiger charge is -2.24. The van der Waals surface area contributed by atoms with Gasteiger partial charge >= 0.3 is 0 Å². The molecule has 1 atom stereocenters. The second kappa shape index (κ2) is 7.38. The van der Waals surface area contributed by atoms with Crippen molar-refractivity contribution in [2.75, 3.05) is 0 Å². The van der Waals surface area contributed by atoms with E-state index >= 15 is 0 Å². The van der Waals surface area contributed by atoms with E-state index in [-0.39, 0.29) is 11.9 Å². The van der Waals surface area contributed by atoms with Crippen LogP contribution in [0.5, 0.6) is 0 Å². The summed E-state index contributed by atoms with van der Waals surface area (Å²) in [6, 6.07) is 0.152. The van der Waals surface area contributed by atoms with Crippen molar-refractivity contribution in [2.24, 2.45) is 0 Å². The summed E-state index contributed by atoms with van der Waals surface area (Å²) >= 11 is 0. The van der Waals surface area contributed by atoms with Gasteiger partial charge in [-0.3, -0.25) is 10.1 Å². The maximum Gasteiger partial charge on any atom is 0.237 e. The molecule has 1 aromatic rings. The van der Waals surface area contributed by atoms with Crippen molar-refractivity contribution in [3.63, 3.8) is 0 Å². The second-order valence-corrected chi connectivity index (χ2v) is 5.48. The zero-order valence-corrected chi connectivity index (χ0v) is 12.4. The Labute approximate surface area is 120 Å². The van der Waals surface area contributed by atoms with Crippen molar-refractivity contribution < 1.29 is 4.79 Å². The number of hydrogen-bond acceptors (Lipinski definition) is 4. The van der Waals surface area contributed by atoms with Crippen molar-refractivity contribution in [3.05, 3.63) is 12.2 Å². The molecule has 2 N–H and O–H groups in total. The molecule has 1 fully saturated rings. The van der Waals surface area contributed by atoms with E-state index < -0.39 is 0 Å². The Morgan fingerprint density at radius 2 is 2.20 bits per heavy atom. The van der Waals surface area contributed by atoms with Crippen LogP contribution >= 0.6 is 0 Å². The van der Waals surface area contributed by atoms with E-state index in [4.69, 9.17) is 0 Å². The molecule has 0 aliphatic heterocycles. The van der Waals surface area contributed by atoms with Crippen LogP contribution in [-0.2, 0) is 17.9 Å². The van der Waals surface area contributed by atoms with Crippen LogP contribution in [0.1, 0.15) is 51.8 Å². The third-order valence-corrected chi connectivity index (χ3v) is 3.95. The Hall–Kier alpha value is -1.43. The molecule has 1 heterocycles. The number of hydrogen-bond donors (Lipinski definition) is 2. The Balaban J connectivity index is 1.76. The zero-order valence-electron chi connectivity index (χ0n) is 12.4. The van der Waals surface area contributed by atoms with Gasteiger partial charge in [0.05, 0.1) is 12.6 Å². The fourth-order valence-electron chi connectivity index (χ4n) is 2.59. The van der Waals surface area contributed by atoms with Gasteiger partial charge in [-0.2, -0.15) is 0 Å². The Morgan fingerprint density at radius 3 is 2.90 bits per heavy atom. The van der Waals surface area contributed by atoms with Gasteiger partial charge < -0.3 is 9.88 Å². The van der Waals surface area contributed by atoms with E-state index in [0.29, 0.717) is 12.6 Å². The lowest BCUT2D eigenvalue weighted by molar-refractivity contribution is -0.123. The van der Waals surface area contributed by atoms with Crippen molar-refractivity contribution in [1.29, 1.82) is 0 Å². The smallest absolute Gasteiger partial charge is 0.237 e. The van der Waals surface area contributed by atoms with Crippen LogP contribution in [-0.4, -0.2) is 32.8 Å². The summed E-state index contributed by atoms with van der Waals surface area (Å²) in [5.41, 5.74) is 0.